The summed E-state index contributed by atoms with van der Waals surface area (Å²) in [6.07, 6.45) is -2.06. The van der Waals surface area contributed by atoms with Gasteiger partial charge in [0, 0.05) is 6.20 Å². The van der Waals surface area contributed by atoms with Crippen molar-refractivity contribution in [2.45, 2.75) is 24.5 Å². The minimum absolute atomic E-state index is 0.0595. The molecule has 0 bridgehead atoms. The topological polar surface area (TPSA) is 170 Å². The first kappa shape index (κ1) is 14.7. The van der Waals surface area contributed by atoms with E-state index in [1.165, 1.54) is 17.1 Å². The largest absolute Gasteiger partial charge is 0.394 e. The minimum atomic E-state index is -1.32. The van der Waals surface area contributed by atoms with E-state index in [0.29, 0.717) is 0 Å². The van der Waals surface area contributed by atoms with E-state index in [1.54, 1.807) is 0 Å². The molecular formula is C12H15N5O5. The zero-order valence-corrected chi connectivity index (χ0v) is 11.3. The number of aromatic nitrogens is 3. The summed E-state index contributed by atoms with van der Waals surface area (Å²) in [5.74, 6) is -0.679. The molecule has 22 heavy (non-hydrogen) atoms. The normalized spacial score (nSPS) is 28.3. The zero-order valence-electron chi connectivity index (χ0n) is 11.3. The predicted molar refractivity (Wildman–Crippen MR) is 73.5 cm³/mol. The second-order valence-electron chi connectivity index (χ2n) is 5.00. The number of primary amides is 1. The number of anilines is 1. The van der Waals surface area contributed by atoms with Gasteiger partial charge < -0.3 is 36.1 Å². The molecule has 1 aliphatic rings. The number of amides is 1. The van der Waals surface area contributed by atoms with Gasteiger partial charge in [0.2, 0.25) is 0 Å². The van der Waals surface area contributed by atoms with Crippen molar-refractivity contribution in [1.82, 2.24) is 14.5 Å². The minimum Gasteiger partial charge on any atom is -0.394 e. The maximum atomic E-state index is 11.6. The number of hydrogen-bond donors (Lipinski definition) is 5. The van der Waals surface area contributed by atoms with Gasteiger partial charge in [-0.15, -0.1) is 0 Å². The number of nitrogen functional groups attached to an aromatic ring is 1. The van der Waals surface area contributed by atoms with E-state index in [2.05, 4.69) is 9.97 Å². The molecule has 1 amide bonds. The lowest BCUT2D eigenvalue weighted by Gasteiger charge is -2.17. The van der Waals surface area contributed by atoms with Crippen molar-refractivity contribution < 1.29 is 24.9 Å². The predicted octanol–water partition coefficient (Wildman–Crippen LogP) is -2.28. The van der Waals surface area contributed by atoms with Crippen LogP contribution < -0.4 is 11.5 Å². The Kier molecular flexibility index (Phi) is 3.45. The monoisotopic (exact) mass is 309 g/mol. The highest BCUT2D eigenvalue weighted by atomic mass is 16.6. The van der Waals surface area contributed by atoms with Crippen molar-refractivity contribution in [2.75, 3.05) is 12.3 Å². The van der Waals surface area contributed by atoms with Gasteiger partial charge in [-0.25, -0.2) is 9.97 Å². The molecule has 1 fully saturated rings. The molecule has 0 saturated carbocycles. The fraction of sp³-hybridized carbons (Fsp3) is 0.417. The Morgan fingerprint density at radius 3 is 2.68 bits per heavy atom. The van der Waals surface area contributed by atoms with Crippen LogP contribution in [0, 0.1) is 0 Å². The van der Waals surface area contributed by atoms with Crippen molar-refractivity contribution in [2.24, 2.45) is 5.73 Å². The summed E-state index contributed by atoms with van der Waals surface area (Å²) in [6.45, 7) is -0.465. The number of ether oxygens (including phenoxy) is 1. The van der Waals surface area contributed by atoms with Gasteiger partial charge >= 0.3 is 0 Å². The third-order valence-corrected chi connectivity index (χ3v) is 3.70. The number of fused-ring (bicyclic) bond motifs is 1. The van der Waals surface area contributed by atoms with E-state index in [4.69, 9.17) is 21.3 Å². The molecule has 0 radical (unpaired) electrons. The highest BCUT2D eigenvalue weighted by Gasteiger charge is 2.44. The van der Waals surface area contributed by atoms with Crippen LogP contribution in [0.5, 0.6) is 0 Å². The molecule has 4 atom stereocenters. The fourth-order valence-corrected chi connectivity index (χ4v) is 2.60. The smallest absolute Gasteiger partial charge is 0.251 e. The Hall–Kier alpha value is -2.27. The summed E-state index contributed by atoms with van der Waals surface area (Å²) >= 11 is 0. The Balaban J connectivity index is 2.16. The Labute approximate surface area is 123 Å². The van der Waals surface area contributed by atoms with Crippen molar-refractivity contribution >= 4 is 22.8 Å². The van der Waals surface area contributed by atoms with Crippen LogP contribution in [0.4, 0.5) is 5.82 Å². The molecule has 2 aromatic rings. The highest BCUT2D eigenvalue weighted by molar-refractivity contribution is 6.08. The molecule has 2 aromatic heterocycles. The number of carbonyl (C=O) groups excluding carboxylic acids is 1. The van der Waals surface area contributed by atoms with E-state index in [9.17, 15) is 15.0 Å². The summed E-state index contributed by atoms with van der Waals surface area (Å²) in [4.78, 5) is 19.4. The third-order valence-electron chi connectivity index (χ3n) is 3.70. The van der Waals surface area contributed by atoms with Gasteiger partial charge in [-0.3, -0.25) is 4.79 Å². The molecule has 0 spiro atoms. The molecule has 1 saturated heterocycles. The number of aliphatic hydroxyl groups excluding tert-OH is 3. The van der Waals surface area contributed by atoms with Crippen LogP contribution in [0.15, 0.2) is 12.5 Å². The van der Waals surface area contributed by atoms with E-state index < -0.39 is 37.1 Å². The van der Waals surface area contributed by atoms with Crippen molar-refractivity contribution in [3.05, 3.63) is 18.1 Å². The number of hydrogen-bond acceptors (Lipinski definition) is 8. The maximum absolute atomic E-state index is 11.6. The molecule has 1 aliphatic heterocycles. The first-order chi connectivity index (χ1) is 10.5. The molecule has 0 aromatic carbocycles. The van der Waals surface area contributed by atoms with Crippen LogP contribution in [0.25, 0.3) is 11.0 Å². The van der Waals surface area contributed by atoms with Gasteiger partial charge in [0.25, 0.3) is 5.91 Å². The number of carbonyl (C=O) groups is 1. The lowest BCUT2D eigenvalue weighted by Crippen LogP contribution is -2.33. The van der Waals surface area contributed by atoms with Crippen molar-refractivity contribution in [3.63, 3.8) is 0 Å². The fourth-order valence-electron chi connectivity index (χ4n) is 2.60. The van der Waals surface area contributed by atoms with Gasteiger partial charge in [-0.1, -0.05) is 0 Å². The Morgan fingerprint density at radius 1 is 1.36 bits per heavy atom. The second kappa shape index (κ2) is 5.18. The Bertz CT molecular complexity index is 732. The van der Waals surface area contributed by atoms with E-state index >= 15 is 0 Å². The van der Waals surface area contributed by atoms with Crippen LogP contribution in [0.2, 0.25) is 0 Å². The van der Waals surface area contributed by atoms with Crippen molar-refractivity contribution in [1.29, 1.82) is 0 Å². The van der Waals surface area contributed by atoms with Gasteiger partial charge in [-0.2, -0.15) is 0 Å². The maximum Gasteiger partial charge on any atom is 0.251 e. The molecule has 10 heteroatoms. The molecule has 3 rings (SSSR count). The lowest BCUT2D eigenvalue weighted by atomic mass is 10.1. The van der Waals surface area contributed by atoms with E-state index in [-0.39, 0.29) is 22.4 Å². The van der Waals surface area contributed by atoms with Gasteiger partial charge in [-0.05, 0) is 0 Å². The third kappa shape index (κ3) is 2.01. The van der Waals surface area contributed by atoms with Crippen LogP contribution in [0.1, 0.15) is 16.6 Å². The first-order valence-corrected chi connectivity index (χ1v) is 6.49. The van der Waals surface area contributed by atoms with Crippen molar-refractivity contribution in [3.8, 4) is 0 Å². The molecule has 3 heterocycles. The first-order valence-electron chi connectivity index (χ1n) is 6.49. The molecule has 118 valence electrons. The van der Waals surface area contributed by atoms with E-state index in [0.717, 1.165) is 0 Å². The molecule has 0 unspecified atom stereocenters. The van der Waals surface area contributed by atoms with Crippen LogP contribution in [-0.4, -0.2) is 60.7 Å². The summed E-state index contributed by atoms with van der Waals surface area (Å²) in [5.41, 5.74) is 11.4. The molecule has 0 aliphatic carbocycles. The van der Waals surface area contributed by atoms with Gasteiger partial charge in [0.1, 0.15) is 36.1 Å². The lowest BCUT2D eigenvalue weighted by molar-refractivity contribution is -0.0508. The molecular weight excluding hydrogens is 294 g/mol. The summed E-state index contributed by atoms with van der Waals surface area (Å²) in [6, 6.07) is 0. The summed E-state index contributed by atoms with van der Waals surface area (Å²) in [7, 11) is 0. The molecule has 7 N–H and O–H groups in total. The van der Waals surface area contributed by atoms with Gasteiger partial charge in [0.15, 0.2) is 6.23 Å². The average Bonchev–Trinajstić information content (AvgIpc) is 3.00. The summed E-state index contributed by atoms with van der Waals surface area (Å²) in [5, 5.41) is 29.3. The SMILES string of the molecule is NC(=O)c1cn([C@H]2O[C@@H](CO)[C@H](O)[C@H]2O)c2ncnc(N)c12. The summed E-state index contributed by atoms with van der Waals surface area (Å²) < 4.78 is 6.77. The number of aliphatic hydroxyl groups is 3. The zero-order chi connectivity index (χ0) is 16.0. The number of rotatable bonds is 3. The van der Waals surface area contributed by atoms with Crippen LogP contribution in [0.3, 0.4) is 0 Å². The van der Waals surface area contributed by atoms with Crippen LogP contribution in [-0.2, 0) is 4.74 Å². The average molecular weight is 309 g/mol. The standard InChI is InChI=1S/C12H15N5O5/c13-9-6-4(10(14)21)1-17(11(6)16-3-15-9)12-8(20)7(19)5(2-18)22-12/h1,3,5,7-8,12,18-20H,2H2,(H2,14,21)(H2,13,15,16)/t5-,7-,8+,12-/m0/s1. The van der Waals surface area contributed by atoms with E-state index in [1.807, 2.05) is 0 Å². The number of nitrogens with zero attached hydrogens (tertiary/aromatic N) is 3. The second-order valence-corrected chi connectivity index (χ2v) is 5.00. The highest BCUT2D eigenvalue weighted by Crippen LogP contribution is 2.34. The Morgan fingerprint density at radius 2 is 2.09 bits per heavy atom. The quantitative estimate of drug-likeness (QED) is 0.422. The van der Waals surface area contributed by atoms with Crippen LogP contribution >= 0.6 is 0 Å². The molecule has 10 nitrogen and oxygen atoms in total. The number of nitrogens with two attached hydrogens (primary N) is 2. The van der Waals surface area contributed by atoms with Gasteiger partial charge in [0.05, 0.1) is 17.6 Å².